The highest BCUT2D eigenvalue weighted by Gasteiger charge is 2.27. The lowest BCUT2D eigenvalue weighted by Crippen LogP contribution is -2.46. The Balaban J connectivity index is 2.09. The van der Waals surface area contributed by atoms with Gasteiger partial charge in [0, 0.05) is 18.7 Å². The molecular formula is C19H27NO6. The van der Waals surface area contributed by atoms with Crippen LogP contribution in [0.4, 0.5) is 0 Å². The van der Waals surface area contributed by atoms with E-state index in [1.165, 1.54) is 0 Å². The second-order valence-electron chi connectivity index (χ2n) is 6.14. The molecule has 0 aromatic heterocycles. The molecule has 0 radical (unpaired) electrons. The van der Waals surface area contributed by atoms with Crippen LogP contribution in [0.5, 0.6) is 11.5 Å². The Morgan fingerprint density at radius 3 is 2.77 bits per heavy atom. The maximum atomic E-state index is 12.8. The number of carbonyl (C=O) groups excluding carboxylic acids is 1. The first-order valence-electron chi connectivity index (χ1n) is 9.07. The molecule has 1 fully saturated rings. The summed E-state index contributed by atoms with van der Waals surface area (Å²) in [6.07, 6.45) is 1.39. The first kappa shape index (κ1) is 20.0. The number of carboxylic acid groups (broad SMARTS) is 1. The molecule has 0 bridgehead atoms. The van der Waals surface area contributed by atoms with Crippen LogP contribution in [0.1, 0.15) is 43.5 Å². The molecule has 1 aromatic rings. The number of carboxylic acids is 1. The fourth-order valence-corrected chi connectivity index (χ4v) is 2.76. The molecule has 26 heavy (non-hydrogen) atoms. The van der Waals surface area contributed by atoms with E-state index >= 15 is 0 Å². The van der Waals surface area contributed by atoms with Gasteiger partial charge in [-0.2, -0.15) is 0 Å². The minimum Gasteiger partial charge on any atom is -0.490 e. The summed E-state index contributed by atoms with van der Waals surface area (Å²) in [5.74, 6) is 0.0774. The summed E-state index contributed by atoms with van der Waals surface area (Å²) in [4.78, 5) is 25.3. The van der Waals surface area contributed by atoms with Crippen molar-refractivity contribution in [2.45, 2.75) is 39.2 Å². The van der Waals surface area contributed by atoms with Crippen LogP contribution in [-0.2, 0) is 9.53 Å². The van der Waals surface area contributed by atoms with Crippen molar-refractivity contribution in [2.75, 3.05) is 32.9 Å². The van der Waals surface area contributed by atoms with Crippen molar-refractivity contribution in [2.24, 2.45) is 0 Å². The summed E-state index contributed by atoms with van der Waals surface area (Å²) in [6.45, 7) is 6.08. The molecule has 1 N–H and O–H groups in total. The van der Waals surface area contributed by atoms with Crippen LogP contribution in [0.2, 0.25) is 0 Å². The zero-order valence-corrected chi connectivity index (χ0v) is 15.4. The fraction of sp³-hybridized carbons (Fsp3) is 0.579. The van der Waals surface area contributed by atoms with Gasteiger partial charge in [-0.25, -0.2) is 0 Å². The van der Waals surface area contributed by atoms with Crippen molar-refractivity contribution < 1.29 is 28.9 Å². The molecule has 1 aromatic carbocycles. The number of nitrogens with zero attached hydrogens (tertiary/aromatic N) is 1. The largest absolute Gasteiger partial charge is 0.490 e. The van der Waals surface area contributed by atoms with E-state index in [1.54, 1.807) is 23.1 Å². The minimum atomic E-state index is -0.934. The van der Waals surface area contributed by atoms with Crippen LogP contribution in [0.3, 0.4) is 0 Å². The summed E-state index contributed by atoms with van der Waals surface area (Å²) < 4.78 is 16.8. The van der Waals surface area contributed by atoms with E-state index < -0.39 is 12.1 Å². The molecule has 1 aliphatic heterocycles. The number of ether oxygens (including phenoxy) is 3. The van der Waals surface area contributed by atoms with E-state index in [1.807, 2.05) is 6.92 Å². The average molecular weight is 365 g/mol. The number of unbranched alkanes of at least 4 members (excludes halogenated alkanes) is 1. The number of aliphatic carboxylic acids is 1. The van der Waals surface area contributed by atoms with Crippen molar-refractivity contribution in [3.8, 4) is 11.5 Å². The van der Waals surface area contributed by atoms with Gasteiger partial charge in [-0.05, 0) is 31.5 Å². The molecule has 1 atom stereocenters. The highest BCUT2D eigenvalue weighted by atomic mass is 16.5. The first-order valence-corrected chi connectivity index (χ1v) is 9.07. The Labute approximate surface area is 153 Å². The van der Waals surface area contributed by atoms with Crippen molar-refractivity contribution in [1.82, 2.24) is 4.90 Å². The van der Waals surface area contributed by atoms with Gasteiger partial charge >= 0.3 is 5.97 Å². The number of morpholine rings is 1. The summed E-state index contributed by atoms with van der Waals surface area (Å²) in [6, 6.07) is 5.16. The van der Waals surface area contributed by atoms with Crippen molar-refractivity contribution in [1.29, 1.82) is 0 Å². The van der Waals surface area contributed by atoms with Crippen LogP contribution >= 0.6 is 0 Å². The second kappa shape index (κ2) is 10.0. The molecule has 2 rings (SSSR count). The lowest BCUT2D eigenvalue weighted by Gasteiger charge is -2.32. The van der Waals surface area contributed by atoms with E-state index in [4.69, 9.17) is 19.3 Å². The number of amides is 1. The van der Waals surface area contributed by atoms with Crippen LogP contribution in [0.25, 0.3) is 0 Å². The third kappa shape index (κ3) is 5.62. The van der Waals surface area contributed by atoms with Crippen molar-refractivity contribution >= 4 is 11.9 Å². The van der Waals surface area contributed by atoms with Gasteiger partial charge in [0.1, 0.15) is 0 Å². The highest BCUT2D eigenvalue weighted by molar-refractivity contribution is 5.95. The minimum absolute atomic E-state index is 0.113. The first-order chi connectivity index (χ1) is 12.5. The van der Waals surface area contributed by atoms with E-state index in [0.717, 1.165) is 12.8 Å². The zero-order chi connectivity index (χ0) is 18.9. The molecule has 0 saturated carbocycles. The Kier molecular flexibility index (Phi) is 7.72. The van der Waals surface area contributed by atoms with Gasteiger partial charge in [0.25, 0.3) is 5.91 Å². The average Bonchev–Trinajstić information content (AvgIpc) is 2.62. The molecule has 1 unspecified atom stereocenters. The van der Waals surface area contributed by atoms with E-state index in [-0.39, 0.29) is 18.9 Å². The molecule has 0 spiro atoms. The predicted octanol–water partition coefficient (Wildman–Crippen LogP) is 2.58. The van der Waals surface area contributed by atoms with Crippen molar-refractivity contribution in [3.63, 3.8) is 0 Å². The monoisotopic (exact) mass is 365 g/mol. The molecule has 144 valence electrons. The summed E-state index contributed by atoms with van der Waals surface area (Å²) in [7, 11) is 0. The van der Waals surface area contributed by atoms with Gasteiger partial charge in [-0.3, -0.25) is 9.59 Å². The molecule has 0 aliphatic carbocycles. The maximum Gasteiger partial charge on any atom is 0.306 e. The standard InChI is InChI=1S/C19H27NO6/c1-3-5-9-26-16-7-6-14(11-17(16)24-4-2)19(23)20-8-10-25-15(13-20)12-18(21)22/h6-7,11,15H,3-5,8-10,12-13H2,1-2H3,(H,21,22). The van der Waals surface area contributed by atoms with E-state index in [0.29, 0.717) is 43.4 Å². The molecule has 7 heteroatoms. The number of rotatable bonds is 9. The van der Waals surface area contributed by atoms with Gasteiger partial charge in [-0.15, -0.1) is 0 Å². The summed E-state index contributed by atoms with van der Waals surface area (Å²) in [5, 5.41) is 8.91. The van der Waals surface area contributed by atoms with Crippen molar-refractivity contribution in [3.05, 3.63) is 23.8 Å². The van der Waals surface area contributed by atoms with Crippen LogP contribution in [0.15, 0.2) is 18.2 Å². The summed E-state index contributed by atoms with van der Waals surface area (Å²) in [5.41, 5.74) is 0.493. The smallest absolute Gasteiger partial charge is 0.306 e. The number of hydrogen-bond acceptors (Lipinski definition) is 5. The Hall–Kier alpha value is -2.28. The second-order valence-corrected chi connectivity index (χ2v) is 6.14. The Morgan fingerprint density at radius 2 is 2.08 bits per heavy atom. The van der Waals surface area contributed by atoms with Gasteiger partial charge in [0.05, 0.1) is 32.3 Å². The van der Waals surface area contributed by atoms with Crippen LogP contribution < -0.4 is 9.47 Å². The molecular weight excluding hydrogens is 338 g/mol. The van der Waals surface area contributed by atoms with Gasteiger partial charge < -0.3 is 24.2 Å². The third-order valence-corrected chi connectivity index (χ3v) is 4.07. The lowest BCUT2D eigenvalue weighted by atomic mass is 10.1. The van der Waals surface area contributed by atoms with Gasteiger partial charge in [-0.1, -0.05) is 13.3 Å². The normalized spacial score (nSPS) is 17.0. The topological polar surface area (TPSA) is 85.3 Å². The maximum absolute atomic E-state index is 12.8. The lowest BCUT2D eigenvalue weighted by molar-refractivity contribution is -0.141. The van der Waals surface area contributed by atoms with Gasteiger partial charge in [0.2, 0.25) is 0 Å². The molecule has 1 amide bonds. The summed E-state index contributed by atoms with van der Waals surface area (Å²) >= 11 is 0. The molecule has 1 saturated heterocycles. The molecule has 1 aliphatic rings. The highest BCUT2D eigenvalue weighted by Crippen LogP contribution is 2.29. The Bertz CT molecular complexity index is 618. The third-order valence-electron chi connectivity index (χ3n) is 4.07. The van der Waals surface area contributed by atoms with E-state index in [9.17, 15) is 9.59 Å². The zero-order valence-electron chi connectivity index (χ0n) is 15.4. The number of hydrogen-bond donors (Lipinski definition) is 1. The van der Waals surface area contributed by atoms with Crippen LogP contribution in [-0.4, -0.2) is 60.9 Å². The Morgan fingerprint density at radius 1 is 1.27 bits per heavy atom. The fourth-order valence-electron chi connectivity index (χ4n) is 2.76. The SMILES string of the molecule is CCCCOc1ccc(C(=O)N2CCOC(CC(=O)O)C2)cc1OCC. The molecule has 1 heterocycles. The predicted molar refractivity (Wildman–Crippen MR) is 95.9 cm³/mol. The van der Waals surface area contributed by atoms with E-state index in [2.05, 4.69) is 6.92 Å². The quantitative estimate of drug-likeness (QED) is 0.677. The van der Waals surface area contributed by atoms with Crippen LogP contribution in [0, 0.1) is 0 Å². The van der Waals surface area contributed by atoms with Gasteiger partial charge in [0.15, 0.2) is 11.5 Å². The molecule has 7 nitrogen and oxygen atoms in total. The number of benzene rings is 1. The number of carbonyl (C=O) groups is 2.